The molecule has 1 aromatic heterocycles. The molecule has 1 aliphatic heterocycles. The van der Waals surface area contributed by atoms with Crippen molar-refractivity contribution < 1.29 is 14.6 Å². The zero-order valence-electron chi connectivity index (χ0n) is 22.7. The third kappa shape index (κ3) is 8.04. The van der Waals surface area contributed by atoms with Crippen LogP contribution in [0, 0.1) is 6.92 Å². The van der Waals surface area contributed by atoms with E-state index in [0.717, 1.165) is 36.4 Å². The Balaban J connectivity index is 1.51. The molecule has 7 nitrogen and oxygen atoms in total. The predicted octanol–water partition coefficient (Wildman–Crippen LogP) is 4.59. The van der Waals surface area contributed by atoms with Crippen molar-refractivity contribution in [3.63, 3.8) is 0 Å². The third-order valence-corrected chi connectivity index (χ3v) is 6.80. The number of aliphatic hydroxyl groups excluding tert-OH is 1. The zero-order chi connectivity index (χ0) is 26.9. The van der Waals surface area contributed by atoms with Gasteiger partial charge in [0.05, 0.1) is 18.8 Å². The number of anilines is 1. The molecule has 1 amide bonds. The van der Waals surface area contributed by atoms with E-state index in [-0.39, 0.29) is 5.91 Å². The summed E-state index contributed by atoms with van der Waals surface area (Å²) >= 11 is 0. The highest BCUT2D eigenvalue weighted by atomic mass is 16.5. The lowest BCUT2D eigenvalue weighted by molar-refractivity contribution is 0.0829. The molecule has 38 heavy (non-hydrogen) atoms. The van der Waals surface area contributed by atoms with Crippen LogP contribution in [-0.2, 0) is 13.0 Å². The SMILES string of the molecule is Cc1cc2cc(n1)NCCCCOc1cccc(c1)C[C@@H]([C@H](O)CNCc1cccc(C(C)C)c1)NC2=O. The molecular formula is C31H40N4O3. The summed E-state index contributed by atoms with van der Waals surface area (Å²) in [5, 5.41) is 21.0. The smallest absolute Gasteiger partial charge is 0.251 e. The first-order valence-corrected chi connectivity index (χ1v) is 13.6. The van der Waals surface area contributed by atoms with Crippen LogP contribution in [0.3, 0.4) is 0 Å². The topological polar surface area (TPSA) is 95.5 Å². The number of ether oxygens (including phenoxy) is 1. The molecule has 4 bridgehead atoms. The fourth-order valence-electron chi connectivity index (χ4n) is 4.64. The van der Waals surface area contributed by atoms with E-state index >= 15 is 0 Å². The number of hydrogen-bond acceptors (Lipinski definition) is 6. The number of carbonyl (C=O) groups excluding carboxylic acids is 1. The Kier molecular flexibility index (Phi) is 9.73. The number of aromatic nitrogens is 1. The third-order valence-electron chi connectivity index (χ3n) is 6.80. The first-order chi connectivity index (χ1) is 18.4. The molecule has 0 spiro atoms. The van der Waals surface area contributed by atoms with E-state index in [4.69, 9.17) is 4.74 Å². The van der Waals surface area contributed by atoms with Gasteiger partial charge in [-0.1, -0.05) is 50.2 Å². The van der Waals surface area contributed by atoms with Crippen molar-refractivity contribution in [3.05, 3.63) is 88.6 Å². The minimum Gasteiger partial charge on any atom is -0.494 e. The minimum absolute atomic E-state index is 0.230. The molecule has 202 valence electrons. The van der Waals surface area contributed by atoms with Gasteiger partial charge in [0.1, 0.15) is 11.6 Å². The average Bonchev–Trinajstić information content (AvgIpc) is 2.89. The van der Waals surface area contributed by atoms with Gasteiger partial charge < -0.3 is 25.8 Å². The van der Waals surface area contributed by atoms with Crippen LogP contribution in [0.4, 0.5) is 5.82 Å². The molecule has 2 atom stereocenters. The maximum absolute atomic E-state index is 13.3. The van der Waals surface area contributed by atoms with Gasteiger partial charge in [0.15, 0.2) is 0 Å². The Morgan fingerprint density at radius 1 is 1.11 bits per heavy atom. The number of pyridine rings is 1. The van der Waals surface area contributed by atoms with Gasteiger partial charge in [-0.05, 0) is 73.1 Å². The number of aryl methyl sites for hydroxylation is 1. The van der Waals surface area contributed by atoms with Crippen LogP contribution in [0.5, 0.6) is 5.75 Å². The molecule has 4 N–H and O–H groups in total. The van der Waals surface area contributed by atoms with E-state index in [0.29, 0.717) is 43.4 Å². The lowest BCUT2D eigenvalue weighted by atomic mass is 9.99. The highest BCUT2D eigenvalue weighted by Gasteiger charge is 2.23. The Bertz CT molecular complexity index is 1210. The number of nitrogens with zero attached hydrogens (tertiary/aromatic N) is 1. The first kappa shape index (κ1) is 27.6. The predicted molar refractivity (Wildman–Crippen MR) is 152 cm³/mol. The van der Waals surface area contributed by atoms with Crippen molar-refractivity contribution in [1.82, 2.24) is 15.6 Å². The number of benzene rings is 2. The van der Waals surface area contributed by atoms with Crippen molar-refractivity contribution >= 4 is 11.7 Å². The summed E-state index contributed by atoms with van der Waals surface area (Å²) in [6.07, 6.45) is 1.52. The molecule has 0 unspecified atom stereocenters. The summed E-state index contributed by atoms with van der Waals surface area (Å²) < 4.78 is 5.96. The molecule has 0 radical (unpaired) electrons. The van der Waals surface area contributed by atoms with E-state index in [1.54, 1.807) is 12.1 Å². The van der Waals surface area contributed by atoms with Gasteiger partial charge in [-0.2, -0.15) is 0 Å². The van der Waals surface area contributed by atoms with E-state index in [1.807, 2.05) is 31.2 Å². The van der Waals surface area contributed by atoms with Crippen LogP contribution < -0.4 is 20.7 Å². The fourth-order valence-corrected chi connectivity index (χ4v) is 4.64. The second-order valence-corrected chi connectivity index (χ2v) is 10.4. The summed E-state index contributed by atoms with van der Waals surface area (Å²) in [7, 11) is 0. The monoisotopic (exact) mass is 516 g/mol. The normalized spacial score (nSPS) is 17.3. The molecule has 3 aromatic rings. The van der Waals surface area contributed by atoms with Gasteiger partial charge in [0.2, 0.25) is 0 Å². The van der Waals surface area contributed by atoms with Crippen LogP contribution in [0.2, 0.25) is 0 Å². The summed E-state index contributed by atoms with van der Waals surface area (Å²) in [5.74, 6) is 1.71. The fraction of sp³-hybridized carbons (Fsp3) is 0.419. The maximum atomic E-state index is 13.3. The summed E-state index contributed by atoms with van der Waals surface area (Å²) in [6.45, 7) is 8.59. The second kappa shape index (κ2) is 13.4. The van der Waals surface area contributed by atoms with Gasteiger partial charge in [-0.15, -0.1) is 0 Å². The molecule has 0 saturated heterocycles. The standard InChI is InChI=1S/C31H40N4O3/c1-21(2)25-10-6-9-24(15-25)19-32-20-29(36)28-17-23-8-7-11-27(16-23)38-13-5-4-12-33-30-18-26(31(37)35-28)14-22(3)34-30/h6-11,14-16,18,21,28-29,32,36H,4-5,12-13,17,19-20H2,1-3H3,(H,33,34)(H,35,37)/t28-,29+/m0/s1. The van der Waals surface area contributed by atoms with Crippen LogP contribution in [0.25, 0.3) is 0 Å². The van der Waals surface area contributed by atoms with Crippen molar-refractivity contribution in [2.45, 2.75) is 64.6 Å². The van der Waals surface area contributed by atoms with Gasteiger partial charge in [-0.3, -0.25) is 4.79 Å². The molecule has 1 aliphatic rings. The second-order valence-electron chi connectivity index (χ2n) is 10.4. The largest absolute Gasteiger partial charge is 0.494 e. The van der Waals surface area contributed by atoms with E-state index in [2.05, 4.69) is 59.0 Å². The Morgan fingerprint density at radius 3 is 2.79 bits per heavy atom. The number of aliphatic hydroxyl groups is 1. The zero-order valence-corrected chi connectivity index (χ0v) is 22.7. The number of amides is 1. The number of fused-ring (bicyclic) bond motifs is 4. The summed E-state index contributed by atoms with van der Waals surface area (Å²) in [4.78, 5) is 17.9. The Labute approximate surface area is 226 Å². The van der Waals surface area contributed by atoms with Crippen molar-refractivity contribution in [1.29, 1.82) is 0 Å². The average molecular weight is 517 g/mol. The van der Waals surface area contributed by atoms with Crippen molar-refractivity contribution in [3.8, 4) is 5.75 Å². The lowest BCUT2D eigenvalue weighted by Crippen LogP contribution is -2.48. The minimum atomic E-state index is -0.795. The highest BCUT2D eigenvalue weighted by Crippen LogP contribution is 2.19. The van der Waals surface area contributed by atoms with Crippen LogP contribution in [0.1, 0.15) is 65.3 Å². The number of nitrogens with one attached hydrogen (secondary N) is 3. The molecule has 4 rings (SSSR count). The molecule has 0 fully saturated rings. The highest BCUT2D eigenvalue weighted by molar-refractivity contribution is 5.95. The van der Waals surface area contributed by atoms with Crippen LogP contribution >= 0.6 is 0 Å². The van der Waals surface area contributed by atoms with Gasteiger partial charge in [-0.25, -0.2) is 4.98 Å². The van der Waals surface area contributed by atoms with Gasteiger partial charge >= 0.3 is 0 Å². The molecule has 0 saturated carbocycles. The molecule has 2 aromatic carbocycles. The molecular weight excluding hydrogens is 476 g/mol. The first-order valence-electron chi connectivity index (χ1n) is 13.6. The quantitative estimate of drug-likeness (QED) is 0.383. The molecule has 7 heteroatoms. The summed E-state index contributed by atoms with van der Waals surface area (Å²) in [5.41, 5.74) is 4.75. The van der Waals surface area contributed by atoms with Crippen molar-refractivity contribution in [2.75, 3.05) is 25.0 Å². The van der Waals surface area contributed by atoms with Gasteiger partial charge in [0, 0.05) is 30.9 Å². The van der Waals surface area contributed by atoms with Crippen molar-refractivity contribution in [2.24, 2.45) is 0 Å². The summed E-state index contributed by atoms with van der Waals surface area (Å²) in [6, 6.07) is 19.4. The maximum Gasteiger partial charge on any atom is 0.251 e. The lowest BCUT2D eigenvalue weighted by Gasteiger charge is -2.25. The van der Waals surface area contributed by atoms with E-state index in [9.17, 15) is 9.90 Å². The van der Waals surface area contributed by atoms with Crippen LogP contribution in [0.15, 0.2) is 60.7 Å². The number of carbonyl (C=O) groups is 1. The van der Waals surface area contributed by atoms with E-state index in [1.165, 1.54) is 11.1 Å². The van der Waals surface area contributed by atoms with Gasteiger partial charge in [0.25, 0.3) is 5.91 Å². The Morgan fingerprint density at radius 2 is 1.95 bits per heavy atom. The number of hydrogen-bond donors (Lipinski definition) is 4. The Hall–Kier alpha value is -3.42. The molecule has 2 heterocycles. The molecule has 0 aliphatic carbocycles. The van der Waals surface area contributed by atoms with Crippen LogP contribution in [-0.4, -0.2) is 47.8 Å². The van der Waals surface area contributed by atoms with E-state index < -0.39 is 12.1 Å². The number of rotatable bonds is 6.